The molecule has 0 aromatic heterocycles. The smallest absolute Gasteiger partial charge is 0.224 e. The third kappa shape index (κ3) is 5.75. The van der Waals surface area contributed by atoms with E-state index in [1.54, 1.807) is 34.5 Å². The fraction of sp³-hybridized carbons (Fsp3) is 0.458. The number of hydrogen-bond donors (Lipinski definition) is 1. The van der Waals surface area contributed by atoms with Crippen LogP contribution in [0.1, 0.15) is 31.2 Å². The summed E-state index contributed by atoms with van der Waals surface area (Å²) in [5, 5.41) is 3.15. The average Bonchev–Trinajstić information content (AvgIpc) is 2.80. The van der Waals surface area contributed by atoms with Crippen molar-refractivity contribution in [2.24, 2.45) is 0 Å². The zero-order chi connectivity index (χ0) is 22.2. The minimum atomic E-state index is -0.0118. The molecule has 0 unspecified atom stereocenters. The Kier molecular flexibility index (Phi) is 7.87. The number of carbonyl (C=O) groups excluding carboxylic acids is 1. The van der Waals surface area contributed by atoms with Crippen molar-refractivity contribution in [2.45, 2.75) is 44.2 Å². The zero-order valence-electron chi connectivity index (χ0n) is 18.6. The molecule has 0 atom stereocenters. The Hall–Kier alpha value is -3.09. The van der Waals surface area contributed by atoms with E-state index in [9.17, 15) is 4.79 Å². The summed E-state index contributed by atoms with van der Waals surface area (Å²) in [6, 6.07) is 11.2. The number of carbonyl (C=O) groups is 1. The van der Waals surface area contributed by atoms with Gasteiger partial charge < -0.3 is 29.0 Å². The fourth-order valence-corrected chi connectivity index (χ4v) is 3.90. The highest BCUT2D eigenvalue weighted by molar-refractivity contribution is 5.79. The van der Waals surface area contributed by atoms with Crippen LogP contribution in [0.25, 0.3) is 0 Å². The molecule has 7 heteroatoms. The lowest BCUT2D eigenvalue weighted by atomic mass is 9.92. The van der Waals surface area contributed by atoms with Crippen LogP contribution in [0.15, 0.2) is 36.4 Å². The number of hydrogen-bond acceptors (Lipinski definition) is 6. The molecular weight excluding hydrogens is 398 g/mol. The summed E-state index contributed by atoms with van der Waals surface area (Å²) in [4.78, 5) is 12.6. The van der Waals surface area contributed by atoms with Crippen molar-refractivity contribution in [3.05, 3.63) is 42.0 Å². The summed E-state index contributed by atoms with van der Waals surface area (Å²) < 4.78 is 27.6. The van der Waals surface area contributed by atoms with Crippen LogP contribution in [0.5, 0.6) is 28.7 Å². The molecule has 0 saturated heterocycles. The molecule has 1 aliphatic carbocycles. The Bertz CT molecular complexity index is 876. The summed E-state index contributed by atoms with van der Waals surface area (Å²) in [5.74, 6) is 3.28. The molecule has 0 aliphatic heterocycles. The second-order valence-corrected chi connectivity index (χ2v) is 7.51. The maximum atomic E-state index is 12.6. The van der Waals surface area contributed by atoms with Gasteiger partial charge in [0.15, 0.2) is 11.5 Å². The van der Waals surface area contributed by atoms with E-state index in [2.05, 4.69) is 5.32 Å². The van der Waals surface area contributed by atoms with Crippen molar-refractivity contribution < 1.29 is 28.5 Å². The standard InChI is InChI=1S/C24H31NO6/c1-27-19-11-8-16(22(15-19)29-3)14-23(26)25-17-9-12-18(13-10-17)31-21-7-5-6-20(28-2)24(21)30-4/h5-8,11,15,17-18H,9-10,12-14H2,1-4H3,(H,25,26). The van der Waals surface area contributed by atoms with E-state index in [1.807, 2.05) is 30.3 Å². The molecule has 0 heterocycles. The van der Waals surface area contributed by atoms with Gasteiger partial charge in [-0.1, -0.05) is 12.1 Å². The minimum absolute atomic E-state index is 0.0118. The number of benzene rings is 2. The molecule has 0 radical (unpaired) electrons. The van der Waals surface area contributed by atoms with E-state index in [4.69, 9.17) is 23.7 Å². The first-order chi connectivity index (χ1) is 15.1. The van der Waals surface area contributed by atoms with E-state index < -0.39 is 0 Å². The Morgan fingerprint density at radius 2 is 1.58 bits per heavy atom. The van der Waals surface area contributed by atoms with Crippen LogP contribution < -0.4 is 29.0 Å². The van der Waals surface area contributed by atoms with Gasteiger partial charge in [-0.25, -0.2) is 0 Å². The summed E-state index contributed by atoms with van der Waals surface area (Å²) >= 11 is 0. The molecule has 1 aliphatic rings. The molecule has 1 fully saturated rings. The van der Waals surface area contributed by atoms with Crippen molar-refractivity contribution in [3.8, 4) is 28.7 Å². The summed E-state index contributed by atoms with van der Waals surface area (Å²) in [6.07, 6.45) is 3.79. The van der Waals surface area contributed by atoms with Crippen molar-refractivity contribution in [1.82, 2.24) is 5.32 Å². The summed E-state index contributed by atoms with van der Waals surface area (Å²) in [6.45, 7) is 0. The number of amides is 1. The summed E-state index contributed by atoms with van der Waals surface area (Å²) in [7, 11) is 6.41. The maximum Gasteiger partial charge on any atom is 0.224 e. The van der Waals surface area contributed by atoms with Crippen molar-refractivity contribution in [2.75, 3.05) is 28.4 Å². The van der Waals surface area contributed by atoms with Crippen LogP contribution in [0.4, 0.5) is 0 Å². The minimum Gasteiger partial charge on any atom is -0.497 e. The third-order valence-electron chi connectivity index (χ3n) is 5.55. The predicted octanol–water partition coefficient (Wildman–Crippen LogP) is 3.77. The Labute approximate surface area is 183 Å². The number of rotatable bonds is 9. The number of para-hydroxylation sites is 1. The van der Waals surface area contributed by atoms with E-state index in [1.165, 1.54) is 0 Å². The highest BCUT2D eigenvalue weighted by Crippen LogP contribution is 2.38. The number of nitrogens with one attached hydrogen (secondary N) is 1. The predicted molar refractivity (Wildman–Crippen MR) is 118 cm³/mol. The molecule has 1 N–H and O–H groups in total. The topological polar surface area (TPSA) is 75.3 Å². The van der Waals surface area contributed by atoms with Gasteiger partial charge in [0.05, 0.1) is 41.0 Å². The first kappa shape index (κ1) is 22.6. The van der Waals surface area contributed by atoms with Crippen LogP contribution in [0.2, 0.25) is 0 Å². The van der Waals surface area contributed by atoms with Crippen LogP contribution in [0.3, 0.4) is 0 Å². The van der Waals surface area contributed by atoms with Gasteiger partial charge in [0.25, 0.3) is 0 Å². The van der Waals surface area contributed by atoms with E-state index in [0.29, 0.717) is 28.7 Å². The molecule has 1 amide bonds. The highest BCUT2D eigenvalue weighted by atomic mass is 16.5. The maximum absolute atomic E-state index is 12.6. The Morgan fingerprint density at radius 3 is 2.23 bits per heavy atom. The Balaban J connectivity index is 1.51. The largest absolute Gasteiger partial charge is 0.497 e. The fourth-order valence-electron chi connectivity index (χ4n) is 3.90. The Morgan fingerprint density at radius 1 is 0.871 bits per heavy atom. The molecule has 31 heavy (non-hydrogen) atoms. The van der Waals surface area contributed by atoms with Gasteiger partial charge in [0.1, 0.15) is 11.5 Å². The zero-order valence-corrected chi connectivity index (χ0v) is 18.6. The van der Waals surface area contributed by atoms with Gasteiger partial charge in [-0.05, 0) is 43.9 Å². The second kappa shape index (κ2) is 10.8. The van der Waals surface area contributed by atoms with E-state index in [-0.39, 0.29) is 24.5 Å². The summed E-state index contributed by atoms with van der Waals surface area (Å²) in [5.41, 5.74) is 0.836. The molecule has 168 valence electrons. The monoisotopic (exact) mass is 429 g/mol. The SMILES string of the molecule is COc1ccc(CC(=O)NC2CCC(Oc3cccc(OC)c3OC)CC2)c(OC)c1. The van der Waals surface area contributed by atoms with E-state index in [0.717, 1.165) is 31.2 Å². The molecule has 7 nitrogen and oxygen atoms in total. The normalized spacial score (nSPS) is 18.1. The van der Waals surface area contributed by atoms with Crippen LogP contribution in [-0.2, 0) is 11.2 Å². The van der Waals surface area contributed by atoms with Crippen molar-refractivity contribution in [1.29, 1.82) is 0 Å². The average molecular weight is 430 g/mol. The van der Waals surface area contributed by atoms with Gasteiger partial charge in [0.2, 0.25) is 11.7 Å². The lowest BCUT2D eigenvalue weighted by molar-refractivity contribution is -0.121. The van der Waals surface area contributed by atoms with E-state index >= 15 is 0 Å². The molecule has 0 spiro atoms. The van der Waals surface area contributed by atoms with Crippen LogP contribution in [-0.4, -0.2) is 46.5 Å². The molecule has 2 aromatic carbocycles. The number of methoxy groups -OCH3 is 4. The molecular formula is C24H31NO6. The highest BCUT2D eigenvalue weighted by Gasteiger charge is 2.25. The lowest BCUT2D eigenvalue weighted by Gasteiger charge is -2.30. The third-order valence-corrected chi connectivity index (χ3v) is 5.55. The molecule has 0 bridgehead atoms. The first-order valence-corrected chi connectivity index (χ1v) is 10.5. The van der Waals surface area contributed by atoms with Gasteiger partial charge in [-0.3, -0.25) is 4.79 Å². The van der Waals surface area contributed by atoms with Gasteiger partial charge in [0, 0.05) is 17.7 Å². The van der Waals surface area contributed by atoms with Gasteiger partial charge in [-0.2, -0.15) is 0 Å². The second-order valence-electron chi connectivity index (χ2n) is 7.51. The van der Waals surface area contributed by atoms with Crippen LogP contribution in [0, 0.1) is 0 Å². The van der Waals surface area contributed by atoms with Crippen molar-refractivity contribution >= 4 is 5.91 Å². The van der Waals surface area contributed by atoms with Crippen molar-refractivity contribution in [3.63, 3.8) is 0 Å². The first-order valence-electron chi connectivity index (χ1n) is 10.5. The quantitative estimate of drug-likeness (QED) is 0.654. The van der Waals surface area contributed by atoms with Gasteiger partial charge >= 0.3 is 0 Å². The van der Waals surface area contributed by atoms with Gasteiger partial charge in [-0.15, -0.1) is 0 Å². The lowest BCUT2D eigenvalue weighted by Crippen LogP contribution is -2.40. The van der Waals surface area contributed by atoms with Crippen LogP contribution >= 0.6 is 0 Å². The number of ether oxygens (including phenoxy) is 5. The molecule has 3 rings (SSSR count). The molecule has 1 saturated carbocycles. The molecule has 2 aromatic rings.